The highest BCUT2D eigenvalue weighted by atomic mass is 32.2. The Morgan fingerprint density at radius 3 is 2.64 bits per heavy atom. The minimum atomic E-state index is -2.54. The first-order chi connectivity index (χ1) is 10.5. The molecule has 0 saturated heterocycles. The average molecular weight is 344 g/mol. The third-order valence-electron chi connectivity index (χ3n) is 2.66. The van der Waals surface area contributed by atoms with Crippen molar-refractivity contribution in [1.82, 2.24) is 0 Å². The Kier molecular flexibility index (Phi) is 5.76. The van der Waals surface area contributed by atoms with E-state index in [4.69, 9.17) is 4.74 Å². The van der Waals surface area contributed by atoms with E-state index in [-0.39, 0.29) is 17.2 Å². The van der Waals surface area contributed by atoms with Crippen LogP contribution in [-0.4, -0.2) is 15.0 Å². The number of rotatable bonds is 6. The summed E-state index contributed by atoms with van der Waals surface area (Å²) in [6.07, 6.45) is 1.92. The molecule has 118 valence electrons. The Morgan fingerprint density at radius 2 is 2.00 bits per heavy atom. The van der Waals surface area contributed by atoms with Gasteiger partial charge in [0, 0.05) is 23.1 Å². The van der Waals surface area contributed by atoms with Crippen LogP contribution in [0, 0.1) is 11.6 Å². The largest absolute Gasteiger partial charge is 0.755 e. The zero-order valence-electron chi connectivity index (χ0n) is 11.5. The maximum absolute atomic E-state index is 13.7. The van der Waals surface area contributed by atoms with Gasteiger partial charge in [-0.3, -0.25) is 4.21 Å². The molecule has 0 amide bonds. The van der Waals surface area contributed by atoms with Crippen molar-refractivity contribution in [1.29, 1.82) is 0 Å². The number of benzene rings is 2. The van der Waals surface area contributed by atoms with Crippen LogP contribution in [0.15, 0.2) is 36.4 Å². The van der Waals surface area contributed by atoms with Gasteiger partial charge in [0.05, 0.1) is 5.69 Å². The van der Waals surface area contributed by atoms with Gasteiger partial charge in [-0.05, 0) is 36.1 Å². The van der Waals surface area contributed by atoms with Crippen molar-refractivity contribution >= 4 is 28.7 Å². The molecule has 1 N–H and O–H groups in total. The molecule has 0 heterocycles. The Labute approximate surface area is 133 Å². The molecule has 22 heavy (non-hydrogen) atoms. The van der Waals surface area contributed by atoms with E-state index in [1.807, 2.05) is 6.26 Å². The Morgan fingerprint density at radius 1 is 1.23 bits per heavy atom. The van der Waals surface area contributed by atoms with Gasteiger partial charge in [-0.15, -0.1) is 0 Å². The van der Waals surface area contributed by atoms with Crippen molar-refractivity contribution in [2.45, 2.75) is 5.75 Å². The molecule has 2 aromatic rings. The van der Waals surface area contributed by atoms with E-state index in [9.17, 15) is 17.5 Å². The monoisotopic (exact) mass is 344 g/mol. The summed E-state index contributed by atoms with van der Waals surface area (Å²) in [5, 5.41) is 0. The van der Waals surface area contributed by atoms with Crippen LogP contribution in [0.2, 0.25) is 0 Å². The third kappa shape index (κ3) is 4.43. The minimum absolute atomic E-state index is 0.140. The number of thioether (sulfide) groups is 1. The number of halogens is 2. The third-order valence-corrected chi connectivity index (χ3v) is 3.67. The first-order valence-corrected chi connectivity index (χ1v) is 8.57. The van der Waals surface area contributed by atoms with Crippen molar-refractivity contribution < 1.29 is 22.3 Å². The van der Waals surface area contributed by atoms with E-state index < -0.39 is 22.9 Å². The number of ether oxygens (including phenoxy) is 1. The van der Waals surface area contributed by atoms with Crippen LogP contribution in [0.25, 0.3) is 0 Å². The summed E-state index contributed by atoms with van der Waals surface area (Å²) in [6.45, 7) is 0. The number of hydrogen-bond acceptors (Lipinski definition) is 4. The smallest absolute Gasteiger partial charge is 0.168 e. The summed E-state index contributed by atoms with van der Waals surface area (Å²) in [5.41, 5.74) is 1.05. The Bertz CT molecular complexity index is 698. The quantitative estimate of drug-likeness (QED) is 0.809. The molecular weight excluding hydrogens is 332 g/mol. The Balaban J connectivity index is 2.36. The Hall–Kier alpha value is -1.64. The first kappa shape index (κ1) is 16.7. The second-order valence-corrected chi connectivity index (χ2v) is 5.82. The average Bonchev–Trinajstić information content (AvgIpc) is 2.44. The highest BCUT2D eigenvalue weighted by Crippen LogP contribution is 2.33. The summed E-state index contributed by atoms with van der Waals surface area (Å²) >= 11 is -0.970. The molecule has 0 aromatic heterocycles. The molecule has 0 aliphatic rings. The maximum Gasteiger partial charge on any atom is 0.168 e. The molecule has 0 aliphatic heterocycles. The lowest BCUT2D eigenvalue weighted by Gasteiger charge is -2.15. The van der Waals surface area contributed by atoms with Crippen LogP contribution in [-0.2, 0) is 17.0 Å². The molecule has 1 atom stereocenters. The molecule has 4 nitrogen and oxygen atoms in total. The lowest BCUT2D eigenvalue weighted by Crippen LogP contribution is -2.04. The van der Waals surface area contributed by atoms with E-state index in [1.165, 1.54) is 6.07 Å². The predicted octanol–water partition coefficient (Wildman–Crippen LogP) is 3.83. The molecule has 0 aliphatic carbocycles. The zero-order valence-corrected chi connectivity index (χ0v) is 13.1. The van der Waals surface area contributed by atoms with Crippen LogP contribution >= 0.6 is 11.8 Å². The standard InChI is InChI=1S/C14H13F2NO3S2/c1-21-8-9-2-4-12(17-22(18)19)14(6-9)20-13-5-3-10(15)7-11(13)16/h2-7,17H,8H2,1H3,(H,18,19)/p-1. The van der Waals surface area contributed by atoms with Gasteiger partial charge in [0.25, 0.3) is 0 Å². The number of nitrogens with one attached hydrogen (secondary N) is 1. The van der Waals surface area contributed by atoms with E-state index in [1.54, 1.807) is 23.9 Å². The van der Waals surface area contributed by atoms with Gasteiger partial charge < -0.3 is 14.0 Å². The van der Waals surface area contributed by atoms with Gasteiger partial charge in [0.1, 0.15) is 5.82 Å². The van der Waals surface area contributed by atoms with E-state index in [0.717, 1.165) is 17.7 Å². The van der Waals surface area contributed by atoms with Crippen molar-refractivity contribution in [3.05, 3.63) is 53.6 Å². The zero-order chi connectivity index (χ0) is 16.1. The topological polar surface area (TPSA) is 61.4 Å². The predicted molar refractivity (Wildman–Crippen MR) is 82.6 cm³/mol. The number of hydrogen-bond donors (Lipinski definition) is 1. The molecule has 0 fully saturated rings. The molecule has 2 rings (SSSR count). The highest BCUT2D eigenvalue weighted by Gasteiger charge is 2.11. The van der Waals surface area contributed by atoms with Gasteiger partial charge in [-0.2, -0.15) is 11.8 Å². The van der Waals surface area contributed by atoms with Crippen LogP contribution in [0.3, 0.4) is 0 Å². The molecule has 0 saturated carbocycles. The minimum Gasteiger partial charge on any atom is -0.755 e. The fourth-order valence-electron chi connectivity index (χ4n) is 1.76. The molecule has 2 aromatic carbocycles. The highest BCUT2D eigenvalue weighted by molar-refractivity contribution is 7.97. The van der Waals surface area contributed by atoms with Crippen molar-refractivity contribution in [2.24, 2.45) is 0 Å². The summed E-state index contributed by atoms with van der Waals surface area (Å²) in [6, 6.07) is 7.76. The summed E-state index contributed by atoms with van der Waals surface area (Å²) < 4.78 is 55.8. The normalized spacial score (nSPS) is 12.0. The van der Waals surface area contributed by atoms with Crippen molar-refractivity contribution in [2.75, 3.05) is 11.0 Å². The summed E-state index contributed by atoms with van der Waals surface area (Å²) in [4.78, 5) is 0. The van der Waals surface area contributed by atoms with Gasteiger partial charge in [0.2, 0.25) is 0 Å². The van der Waals surface area contributed by atoms with Crippen LogP contribution in [0.4, 0.5) is 14.5 Å². The summed E-state index contributed by atoms with van der Waals surface area (Å²) in [5.74, 6) is -0.962. The fourth-order valence-corrected chi connectivity index (χ4v) is 2.62. The second-order valence-electron chi connectivity index (χ2n) is 4.28. The lowest BCUT2D eigenvalue weighted by molar-refractivity contribution is 0.439. The van der Waals surface area contributed by atoms with E-state index in [2.05, 4.69) is 4.72 Å². The molecule has 0 radical (unpaired) electrons. The number of anilines is 1. The van der Waals surface area contributed by atoms with Gasteiger partial charge in [-0.25, -0.2) is 8.78 Å². The SMILES string of the molecule is CSCc1ccc(NS(=O)[O-])c(Oc2ccc(F)cc2F)c1. The molecule has 0 spiro atoms. The molecular formula is C14H12F2NO3S2-. The maximum atomic E-state index is 13.7. The first-order valence-electron chi connectivity index (χ1n) is 6.10. The van der Waals surface area contributed by atoms with Gasteiger partial charge in [-0.1, -0.05) is 6.07 Å². The molecule has 0 bridgehead atoms. The molecule has 8 heteroatoms. The van der Waals surface area contributed by atoms with Gasteiger partial charge >= 0.3 is 0 Å². The van der Waals surface area contributed by atoms with Crippen LogP contribution < -0.4 is 9.46 Å². The van der Waals surface area contributed by atoms with E-state index in [0.29, 0.717) is 11.8 Å². The fraction of sp³-hybridized carbons (Fsp3) is 0.143. The van der Waals surface area contributed by atoms with Crippen molar-refractivity contribution in [3.8, 4) is 11.5 Å². The summed E-state index contributed by atoms with van der Waals surface area (Å²) in [7, 11) is 0. The van der Waals surface area contributed by atoms with E-state index >= 15 is 0 Å². The van der Waals surface area contributed by atoms with Crippen molar-refractivity contribution in [3.63, 3.8) is 0 Å². The van der Waals surface area contributed by atoms with Crippen LogP contribution in [0.1, 0.15) is 5.56 Å². The second kappa shape index (κ2) is 7.57. The van der Waals surface area contributed by atoms with Crippen LogP contribution in [0.5, 0.6) is 11.5 Å². The lowest BCUT2D eigenvalue weighted by atomic mass is 10.2. The molecule has 1 unspecified atom stereocenters. The van der Waals surface area contributed by atoms with Gasteiger partial charge in [0.15, 0.2) is 17.3 Å².